The van der Waals surface area contributed by atoms with Gasteiger partial charge < -0.3 is 9.73 Å². The molecule has 0 radical (unpaired) electrons. The molecule has 0 atom stereocenters. The fourth-order valence-corrected chi connectivity index (χ4v) is 1.44. The minimum Gasteiger partial charge on any atom is -0.405 e. The highest BCUT2D eigenvalue weighted by molar-refractivity contribution is 5.97. The SMILES string of the molecule is CC(=O)Nc1cccc2c1oc(=O)n2C. The normalized spacial score (nSPS) is 10.5. The smallest absolute Gasteiger partial charge is 0.405 e. The zero-order valence-corrected chi connectivity index (χ0v) is 8.40. The van der Waals surface area contributed by atoms with E-state index in [2.05, 4.69) is 5.32 Å². The number of aryl methyl sites for hydroxylation is 1. The summed E-state index contributed by atoms with van der Waals surface area (Å²) < 4.78 is 6.41. The van der Waals surface area contributed by atoms with Crippen LogP contribution in [0.4, 0.5) is 5.69 Å². The predicted octanol–water partition coefficient (Wildman–Crippen LogP) is 1.09. The molecule has 1 aromatic carbocycles. The van der Waals surface area contributed by atoms with Crippen LogP contribution < -0.4 is 11.1 Å². The molecular weight excluding hydrogens is 196 g/mol. The van der Waals surface area contributed by atoms with Gasteiger partial charge >= 0.3 is 5.76 Å². The maximum absolute atomic E-state index is 11.3. The summed E-state index contributed by atoms with van der Waals surface area (Å²) in [5, 5.41) is 2.60. The largest absolute Gasteiger partial charge is 0.419 e. The van der Waals surface area contributed by atoms with E-state index < -0.39 is 5.76 Å². The Morgan fingerprint density at radius 1 is 1.47 bits per heavy atom. The number of anilines is 1. The first-order valence-corrected chi connectivity index (χ1v) is 4.45. The molecule has 0 spiro atoms. The minimum absolute atomic E-state index is 0.200. The van der Waals surface area contributed by atoms with Crippen LogP contribution >= 0.6 is 0 Å². The monoisotopic (exact) mass is 206 g/mol. The number of oxazole rings is 1. The second-order valence-corrected chi connectivity index (χ2v) is 3.26. The van der Waals surface area contributed by atoms with E-state index in [1.54, 1.807) is 25.2 Å². The van der Waals surface area contributed by atoms with Gasteiger partial charge in [0.05, 0.1) is 11.2 Å². The van der Waals surface area contributed by atoms with Crippen molar-refractivity contribution in [2.75, 3.05) is 5.32 Å². The lowest BCUT2D eigenvalue weighted by Crippen LogP contribution is -2.08. The minimum atomic E-state index is -0.442. The fraction of sp³-hybridized carbons (Fsp3) is 0.200. The summed E-state index contributed by atoms with van der Waals surface area (Å²) in [6, 6.07) is 5.20. The van der Waals surface area contributed by atoms with Crippen molar-refractivity contribution in [3.8, 4) is 0 Å². The maximum Gasteiger partial charge on any atom is 0.419 e. The highest BCUT2D eigenvalue weighted by Crippen LogP contribution is 2.21. The highest BCUT2D eigenvalue weighted by Gasteiger charge is 2.10. The number of hydrogen-bond donors (Lipinski definition) is 1. The molecule has 0 aliphatic rings. The second kappa shape index (κ2) is 3.27. The molecule has 15 heavy (non-hydrogen) atoms. The predicted molar refractivity (Wildman–Crippen MR) is 55.8 cm³/mol. The zero-order chi connectivity index (χ0) is 11.0. The topological polar surface area (TPSA) is 64.2 Å². The van der Waals surface area contributed by atoms with Gasteiger partial charge in [0.1, 0.15) is 0 Å². The van der Waals surface area contributed by atoms with E-state index in [0.29, 0.717) is 16.8 Å². The number of nitrogens with zero attached hydrogens (tertiary/aromatic N) is 1. The number of carbonyl (C=O) groups is 1. The molecule has 0 fully saturated rings. The molecule has 2 aromatic rings. The van der Waals surface area contributed by atoms with Gasteiger partial charge in [-0.3, -0.25) is 9.36 Å². The average molecular weight is 206 g/mol. The number of carbonyl (C=O) groups excluding carboxylic acids is 1. The van der Waals surface area contributed by atoms with Gasteiger partial charge in [0.15, 0.2) is 5.58 Å². The van der Waals surface area contributed by atoms with E-state index in [1.165, 1.54) is 11.5 Å². The third-order valence-corrected chi connectivity index (χ3v) is 2.13. The van der Waals surface area contributed by atoms with Crippen LogP contribution in [-0.2, 0) is 11.8 Å². The van der Waals surface area contributed by atoms with Crippen LogP contribution in [0.3, 0.4) is 0 Å². The third kappa shape index (κ3) is 1.52. The van der Waals surface area contributed by atoms with Crippen LogP contribution in [0.25, 0.3) is 11.1 Å². The molecule has 0 saturated carbocycles. The summed E-state index contributed by atoms with van der Waals surface area (Å²) in [4.78, 5) is 22.2. The van der Waals surface area contributed by atoms with Gasteiger partial charge in [-0.2, -0.15) is 0 Å². The Labute approximate surface area is 85.3 Å². The molecule has 0 aliphatic heterocycles. The summed E-state index contributed by atoms with van der Waals surface area (Å²) in [5.74, 6) is -0.642. The summed E-state index contributed by atoms with van der Waals surface area (Å²) in [6.45, 7) is 1.40. The number of nitrogens with one attached hydrogen (secondary N) is 1. The molecule has 0 aliphatic carbocycles. The Bertz CT molecular complexity index is 580. The van der Waals surface area contributed by atoms with Crippen molar-refractivity contribution in [3.05, 3.63) is 28.7 Å². The van der Waals surface area contributed by atoms with Crippen LogP contribution in [0.2, 0.25) is 0 Å². The van der Waals surface area contributed by atoms with Gasteiger partial charge in [0.2, 0.25) is 5.91 Å². The quantitative estimate of drug-likeness (QED) is 0.759. The van der Waals surface area contributed by atoms with Gasteiger partial charge in [0, 0.05) is 14.0 Å². The van der Waals surface area contributed by atoms with E-state index in [1.807, 2.05) is 0 Å². The highest BCUT2D eigenvalue weighted by atomic mass is 16.4. The van der Waals surface area contributed by atoms with E-state index >= 15 is 0 Å². The first-order chi connectivity index (χ1) is 7.09. The number of benzene rings is 1. The number of hydrogen-bond acceptors (Lipinski definition) is 3. The Kier molecular flexibility index (Phi) is 2.07. The molecule has 1 N–H and O–H groups in total. The van der Waals surface area contributed by atoms with Crippen LogP contribution in [0, 0.1) is 0 Å². The van der Waals surface area contributed by atoms with Gasteiger partial charge in [-0.25, -0.2) is 4.79 Å². The summed E-state index contributed by atoms with van der Waals surface area (Å²) in [7, 11) is 1.62. The van der Waals surface area contributed by atoms with Crippen molar-refractivity contribution >= 4 is 22.7 Å². The Hall–Kier alpha value is -2.04. The number of aromatic nitrogens is 1. The van der Waals surface area contributed by atoms with Gasteiger partial charge in [-0.1, -0.05) is 6.07 Å². The molecule has 1 amide bonds. The average Bonchev–Trinajstić information content (AvgIpc) is 2.45. The lowest BCUT2D eigenvalue weighted by Gasteiger charge is -2.01. The van der Waals surface area contributed by atoms with Gasteiger partial charge in [0.25, 0.3) is 0 Å². The third-order valence-electron chi connectivity index (χ3n) is 2.13. The first-order valence-electron chi connectivity index (χ1n) is 4.45. The molecule has 5 heteroatoms. The molecule has 0 bridgehead atoms. The van der Waals surface area contributed by atoms with E-state index in [9.17, 15) is 9.59 Å². The lowest BCUT2D eigenvalue weighted by molar-refractivity contribution is -0.114. The summed E-state index contributed by atoms with van der Waals surface area (Å²) >= 11 is 0. The molecule has 5 nitrogen and oxygen atoms in total. The molecule has 0 unspecified atom stereocenters. The van der Waals surface area contributed by atoms with Crippen LogP contribution in [0.5, 0.6) is 0 Å². The lowest BCUT2D eigenvalue weighted by atomic mass is 10.3. The van der Waals surface area contributed by atoms with Crippen molar-refractivity contribution in [2.24, 2.45) is 7.05 Å². The maximum atomic E-state index is 11.3. The van der Waals surface area contributed by atoms with Crippen molar-refractivity contribution in [3.63, 3.8) is 0 Å². The molecule has 1 heterocycles. The van der Waals surface area contributed by atoms with Crippen LogP contribution in [0.1, 0.15) is 6.92 Å². The van der Waals surface area contributed by atoms with Crippen molar-refractivity contribution in [1.29, 1.82) is 0 Å². The molecule has 1 aromatic heterocycles. The summed E-state index contributed by atoms with van der Waals surface area (Å²) in [5.41, 5.74) is 1.57. The Balaban J connectivity index is 2.71. The Morgan fingerprint density at radius 3 is 2.87 bits per heavy atom. The number of amides is 1. The molecule has 0 saturated heterocycles. The van der Waals surface area contributed by atoms with Crippen molar-refractivity contribution < 1.29 is 9.21 Å². The van der Waals surface area contributed by atoms with E-state index in [4.69, 9.17) is 4.42 Å². The van der Waals surface area contributed by atoms with Crippen molar-refractivity contribution in [2.45, 2.75) is 6.92 Å². The number of fused-ring (bicyclic) bond motifs is 1. The van der Waals surface area contributed by atoms with Crippen molar-refractivity contribution in [1.82, 2.24) is 4.57 Å². The fourth-order valence-electron chi connectivity index (χ4n) is 1.44. The number of rotatable bonds is 1. The zero-order valence-electron chi connectivity index (χ0n) is 8.40. The molecular formula is C10H10N2O3. The summed E-state index contributed by atoms with van der Waals surface area (Å²) in [6.07, 6.45) is 0. The first kappa shape index (κ1) is 9.51. The molecule has 78 valence electrons. The van der Waals surface area contributed by atoms with Crippen LogP contribution in [0.15, 0.2) is 27.4 Å². The molecule has 2 rings (SSSR count). The van der Waals surface area contributed by atoms with Gasteiger partial charge in [-0.15, -0.1) is 0 Å². The van der Waals surface area contributed by atoms with E-state index in [-0.39, 0.29) is 5.91 Å². The van der Waals surface area contributed by atoms with Crippen LogP contribution in [-0.4, -0.2) is 10.5 Å². The standard InChI is InChI=1S/C10H10N2O3/c1-6(13)11-7-4-3-5-8-9(7)15-10(14)12(8)2/h3-5H,1-2H3,(H,11,13). The van der Waals surface area contributed by atoms with E-state index in [0.717, 1.165) is 0 Å². The second-order valence-electron chi connectivity index (χ2n) is 3.26. The van der Waals surface area contributed by atoms with Gasteiger partial charge in [-0.05, 0) is 12.1 Å². The Morgan fingerprint density at radius 2 is 2.20 bits per heavy atom. The number of para-hydroxylation sites is 1.